The summed E-state index contributed by atoms with van der Waals surface area (Å²) in [6.07, 6.45) is -2.80. The van der Waals surface area contributed by atoms with Gasteiger partial charge < -0.3 is 5.11 Å². The molecular formula is C11H14BrF2NO3S. The Morgan fingerprint density at radius 3 is 2.53 bits per heavy atom. The Labute approximate surface area is 119 Å². The van der Waals surface area contributed by atoms with Crippen molar-refractivity contribution >= 4 is 26.0 Å². The van der Waals surface area contributed by atoms with Gasteiger partial charge in [-0.3, -0.25) is 0 Å². The lowest BCUT2D eigenvalue weighted by atomic mass is 10.2. The van der Waals surface area contributed by atoms with Crippen LogP contribution in [0.15, 0.2) is 27.6 Å². The van der Waals surface area contributed by atoms with Crippen molar-refractivity contribution in [3.05, 3.63) is 28.2 Å². The number of aliphatic hydroxyl groups excluding tert-OH is 1. The van der Waals surface area contributed by atoms with Gasteiger partial charge in [0.15, 0.2) is 0 Å². The van der Waals surface area contributed by atoms with Crippen molar-refractivity contribution in [1.29, 1.82) is 0 Å². The van der Waals surface area contributed by atoms with Gasteiger partial charge in [0, 0.05) is 11.0 Å². The minimum atomic E-state index is -4.06. The molecule has 0 aromatic heterocycles. The third-order valence-corrected chi connectivity index (χ3v) is 5.24. The third-order valence-electron chi connectivity index (χ3n) is 2.40. The van der Waals surface area contributed by atoms with Crippen molar-refractivity contribution in [3.63, 3.8) is 0 Å². The van der Waals surface area contributed by atoms with Crippen molar-refractivity contribution in [1.82, 2.24) is 4.31 Å². The number of aliphatic hydroxyl groups is 1. The van der Waals surface area contributed by atoms with Gasteiger partial charge in [0.1, 0.15) is 0 Å². The molecule has 0 saturated carbocycles. The summed E-state index contributed by atoms with van der Waals surface area (Å²) in [6, 6.07) is 4.52. The first-order chi connectivity index (χ1) is 8.78. The van der Waals surface area contributed by atoms with Crippen LogP contribution in [0.1, 0.15) is 5.56 Å². The first kappa shape index (κ1) is 16.5. The van der Waals surface area contributed by atoms with Crippen LogP contribution >= 0.6 is 15.9 Å². The van der Waals surface area contributed by atoms with Crippen LogP contribution in [0.5, 0.6) is 0 Å². The maximum Gasteiger partial charge on any atom is 0.252 e. The number of sulfonamides is 1. The molecule has 0 atom stereocenters. The molecule has 4 nitrogen and oxygen atoms in total. The fraction of sp³-hybridized carbons (Fsp3) is 0.455. The Morgan fingerprint density at radius 2 is 2.05 bits per heavy atom. The highest BCUT2D eigenvalue weighted by Crippen LogP contribution is 2.26. The molecule has 0 aliphatic heterocycles. The van der Waals surface area contributed by atoms with E-state index in [-0.39, 0.29) is 11.4 Å². The molecule has 0 bridgehead atoms. The highest BCUT2D eigenvalue weighted by Gasteiger charge is 2.28. The van der Waals surface area contributed by atoms with Crippen LogP contribution in [0.4, 0.5) is 8.78 Å². The Hall–Kier alpha value is -0.570. The highest BCUT2D eigenvalue weighted by atomic mass is 79.9. The number of alkyl halides is 2. The molecule has 0 unspecified atom stereocenters. The zero-order valence-corrected chi connectivity index (χ0v) is 12.6. The lowest BCUT2D eigenvalue weighted by molar-refractivity contribution is 0.113. The molecule has 0 saturated heterocycles. The molecule has 108 valence electrons. The summed E-state index contributed by atoms with van der Waals surface area (Å²) in [5.41, 5.74) is 0.841. The van der Waals surface area contributed by atoms with Crippen molar-refractivity contribution in [2.45, 2.75) is 18.2 Å². The van der Waals surface area contributed by atoms with Crippen molar-refractivity contribution in [2.75, 3.05) is 19.7 Å². The predicted molar refractivity (Wildman–Crippen MR) is 70.7 cm³/mol. The van der Waals surface area contributed by atoms with Gasteiger partial charge >= 0.3 is 0 Å². The number of hydrogen-bond donors (Lipinski definition) is 1. The highest BCUT2D eigenvalue weighted by molar-refractivity contribution is 9.10. The fourth-order valence-corrected chi connectivity index (χ4v) is 4.09. The van der Waals surface area contributed by atoms with Crippen LogP contribution in [0.3, 0.4) is 0 Å². The van der Waals surface area contributed by atoms with Crippen LogP contribution < -0.4 is 0 Å². The number of aryl methyl sites for hydroxylation is 1. The molecule has 0 aliphatic carbocycles. The third kappa shape index (κ3) is 4.20. The normalized spacial score (nSPS) is 12.4. The maximum absolute atomic E-state index is 12.4. The van der Waals surface area contributed by atoms with Crippen LogP contribution in [0.2, 0.25) is 0 Å². The Balaban J connectivity index is 3.18. The molecule has 0 heterocycles. The molecule has 1 aromatic carbocycles. The van der Waals surface area contributed by atoms with E-state index in [1.165, 1.54) is 6.07 Å². The number of halogens is 3. The SMILES string of the molecule is Cc1ccc(S(=O)(=O)N(CCO)CC(F)F)c(Br)c1. The average Bonchev–Trinajstić information content (AvgIpc) is 2.27. The average molecular weight is 358 g/mol. The van der Waals surface area contributed by atoms with Gasteiger partial charge in [0.25, 0.3) is 6.43 Å². The zero-order chi connectivity index (χ0) is 14.6. The van der Waals surface area contributed by atoms with Crippen molar-refractivity contribution in [2.24, 2.45) is 0 Å². The summed E-state index contributed by atoms with van der Waals surface area (Å²) in [4.78, 5) is -0.0906. The Bertz CT molecular complexity index is 537. The molecule has 8 heteroatoms. The zero-order valence-electron chi connectivity index (χ0n) is 10.2. The van der Waals surface area contributed by atoms with Crippen LogP contribution in [0, 0.1) is 6.92 Å². The molecule has 19 heavy (non-hydrogen) atoms. The predicted octanol–water partition coefficient (Wildman–Crippen LogP) is 2.01. The van der Waals surface area contributed by atoms with E-state index in [0.29, 0.717) is 8.78 Å². The topological polar surface area (TPSA) is 57.6 Å². The molecule has 0 fully saturated rings. The van der Waals surface area contributed by atoms with Gasteiger partial charge in [-0.1, -0.05) is 6.07 Å². The van der Waals surface area contributed by atoms with Gasteiger partial charge in [-0.15, -0.1) is 0 Å². The molecule has 0 aliphatic rings. The first-order valence-corrected chi connectivity index (χ1v) is 7.67. The number of nitrogens with zero attached hydrogens (tertiary/aromatic N) is 1. The summed E-state index contributed by atoms with van der Waals surface area (Å²) in [5.74, 6) is 0. The molecule has 0 radical (unpaired) electrons. The Morgan fingerprint density at radius 1 is 1.42 bits per heavy atom. The van der Waals surface area contributed by atoms with Crippen LogP contribution in [-0.4, -0.2) is 44.0 Å². The first-order valence-electron chi connectivity index (χ1n) is 5.44. The molecule has 0 amide bonds. The minimum absolute atomic E-state index is 0.0906. The lowest BCUT2D eigenvalue weighted by Crippen LogP contribution is -2.37. The lowest BCUT2D eigenvalue weighted by Gasteiger charge is -2.21. The van der Waals surface area contributed by atoms with Gasteiger partial charge in [-0.05, 0) is 40.5 Å². The summed E-state index contributed by atoms with van der Waals surface area (Å²) >= 11 is 3.11. The standard InChI is InChI=1S/C11H14BrF2NO3S/c1-8-2-3-10(9(12)6-8)19(17,18)15(4-5-16)7-11(13)14/h2-3,6,11,16H,4-5,7H2,1H3. The van der Waals surface area contributed by atoms with Gasteiger partial charge in [0.2, 0.25) is 10.0 Å². The van der Waals surface area contributed by atoms with Crippen molar-refractivity contribution in [3.8, 4) is 0 Å². The monoisotopic (exact) mass is 357 g/mol. The van der Waals surface area contributed by atoms with E-state index in [9.17, 15) is 17.2 Å². The van der Waals surface area contributed by atoms with E-state index < -0.39 is 29.6 Å². The van der Waals surface area contributed by atoms with E-state index in [2.05, 4.69) is 15.9 Å². The summed E-state index contributed by atoms with van der Waals surface area (Å²) in [7, 11) is -4.06. The number of benzene rings is 1. The summed E-state index contributed by atoms with van der Waals surface area (Å²) < 4.78 is 50.2. The summed E-state index contributed by atoms with van der Waals surface area (Å²) in [6.45, 7) is -0.0442. The summed E-state index contributed by atoms with van der Waals surface area (Å²) in [5, 5.41) is 8.81. The van der Waals surface area contributed by atoms with Gasteiger partial charge in [-0.2, -0.15) is 4.31 Å². The smallest absolute Gasteiger partial charge is 0.252 e. The second-order valence-electron chi connectivity index (χ2n) is 3.91. The van der Waals surface area contributed by atoms with Crippen LogP contribution in [0.25, 0.3) is 0 Å². The number of rotatable bonds is 6. The largest absolute Gasteiger partial charge is 0.395 e. The molecule has 0 spiro atoms. The molecule has 1 aromatic rings. The van der Waals surface area contributed by atoms with Crippen molar-refractivity contribution < 1.29 is 22.3 Å². The molecule has 1 N–H and O–H groups in total. The van der Waals surface area contributed by atoms with Crippen LogP contribution in [-0.2, 0) is 10.0 Å². The molecule has 1 rings (SSSR count). The van der Waals surface area contributed by atoms with Gasteiger partial charge in [0.05, 0.1) is 18.0 Å². The second kappa shape index (κ2) is 6.74. The van der Waals surface area contributed by atoms with E-state index >= 15 is 0 Å². The fourth-order valence-electron chi connectivity index (χ4n) is 1.53. The minimum Gasteiger partial charge on any atom is -0.395 e. The molecular weight excluding hydrogens is 344 g/mol. The Kier molecular flexibility index (Phi) is 5.84. The maximum atomic E-state index is 12.4. The van der Waals surface area contributed by atoms with E-state index in [4.69, 9.17) is 5.11 Å². The van der Waals surface area contributed by atoms with E-state index in [0.717, 1.165) is 5.56 Å². The quantitative estimate of drug-likeness (QED) is 0.847. The number of hydrogen-bond acceptors (Lipinski definition) is 3. The van der Waals surface area contributed by atoms with Gasteiger partial charge in [-0.25, -0.2) is 17.2 Å². The van der Waals surface area contributed by atoms with E-state index in [1.807, 2.05) is 0 Å². The second-order valence-corrected chi connectivity index (χ2v) is 6.67. The van der Waals surface area contributed by atoms with E-state index in [1.54, 1.807) is 19.1 Å².